The number of aromatic nitrogens is 2. The Morgan fingerprint density at radius 1 is 1.17 bits per heavy atom. The van der Waals surface area contributed by atoms with Crippen LogP contribution in [-0.4, -0.2) is 9.55 Å². The smallest absolute Gasteiger partial charge is 0.140 e. The molecule has 4 heteroatoms. The summed E-state index contributed by atoms with van der Waals surface area (Å²) in [5.74, 6) is 0.498. The van der Waals surface area contributed by atoms with E-state index >= 15 is 0 Å². The summed E-state index contributed by atoms with van der Waals surface area (Å²) in [6.07, 6.45) is 0. The molecule has 90 valence electrons. The Kier molecular flexibility index (Phi) is 2.59. The number of hydrogen-bond donors (Lipinski definition) is 1. The lowest BCUT2D eigenvalue weighted by atomic mass is 10.2. The van der Waals surface area contributed by atoms with Crippen LogP contribution in [0.25, 0.3) is 22.4 Å². The first-order valence-corrected chi connectivity index (χ1v) is 6.01. The van der Waals surface area contributed by atoms with Gasteiger partial charge in [0.05, 0.1) is 11.0 Å². The van der Waals surface area contributed by atoms with Crippen molar-refractivity contribution in [3.05, 3.63) is 48.3 Å². The van der Waals surface area contributed by atoms with Crippen LogP contribution < -0.4 is 0 Å². The lowest BCUT2D eigenvalue weighted by Gasteiger charge is -2.02. The third-order valence-corrected chi connectivity index (χ3v) is 3.23. The lowest BCUT2D eigenvalue weighted by Crippen LogP contribution is -1.92. The van der Waals surface area contributed by atoms with E-state index in [1.165, 1.54) is 12.1 Å². The fraction of sp³-hybridized carbons (Fsp3) is 0.0714. The van der Waals surface area contributed by atoms with Gasteiger partial charge in [0, 0.05) is 17.5 Å². The number of rotatable bonds is 1. The van der Waals surface area contributed by atoms with E-state index in [0.29, 0.717) is 0 Å². The van der Waals surface area contributed by atoms with Gasteiger partial charge in [0.25, 0.3) is 0 Å². The number of nitrogens with zero attached hydrogens (tertiary/aromatic N) is 2. The maximum absolute atomic E-state index is 13.3. The van der Waals surface area contributed by atoms with Gasteiger partial charge in [0.15, 0.2) is 0 Å². The van der Waals surface area contributed by atoms with Gasteiger partial charge in [-0.3, -0.25) is 0 Å². The molecule has 0 atom stereocenters. The summed E-state index contributed by atoms with van der Waals surface area (Å²) in [6.45, 7) is 0. The summed E-state index contributed by atoms with van der Waals surface area (Å²) in [6, 6.07) is 12.2. The molecule has 0 unspecified atom stereocenters. The van der Waals surface area contributed by atoms with Crippen LogP contribution in [-0.2, 0) is 7.05 Å². The number of hydrogen-bond acceptors (Lipinski definition) is 2. The Balaban J connectivity index is 2.27. The van der Waals surface area contributed by atoms with Crippen molar-refractivity contribution in [2.45, 2.75) is 4.90 Å². The van der Waals surface area contributed by atoms with Crippen LogP contribution in [0.15, 0.2) is 47.4 Å². The van der Waals surface area contributed by atoms with Gasteiger partial charge in [-0.2, -0.15) is 0 Å². The number of fused-ring (bicyclic) bond motifs is 1. The van der Waals surface area contributed by atoms with Crippen molar-refractivity contribution in [2.75, 3.05) is 0 Å². The number of benzene rings is 2. The van der Waals surface area contributed by atoms with E-state index in [2.05, 4.69) is 17.6 Å². The molecule has 0 spiro atoms. The molecule has 0 N–H and O–H groups in total. The van der Waals surface area contributed by atoms with Crippen LogP contribution in [0.4, 0.5) is 4.39 Å². The van der Waals surface area contributed by atoms with E-state index in [1.54, 1.807) is 6.07 Å². The summed E-state index contributed by atoms with van der Waals surface area (Å²) in [5.41, 5.74) is 2.64. The molecule has 0 bridgehead atoms. The SMILES string of the molecule is Cn1c(-c2cccc(F)c2)nc2cc(S)ccc21. The van der Waals surface area contributed by atoms with Gasteiger partial charge in [-0.1, -0.05) is 12.1 Å². The average Bonchev–Trinajstić information content (AvgIpc) is 2.66. The van der Waals surface area contributed by atoms with Crippen LogP contribution in [0.3, 0.4) is 0 Å². The van der Waals surface area contributed by atoms with Gasteiger partial charge < -0.3 is 4.57 Å². The zero-order valence-corrected chi connectivity index (χ0v) is 10.7. The van der Waals surface area contributed by atoms with E-state index in [0.717, 1.165) is 27.3 Å². The van der Waals surface area contributed by atoms with E-state index in [9.17, 15) is 4.39 Å². The minimum Gasteiger partial charge on any atom is -0.327 e. The van der Waals surface area contributed by atoms with E-state index in [4.69, 9.17) is 0 Å². The Morgan fingerprint density at radius 3 is 2.78 bits per heavy atom. The highest BCUT2D eigenvalue weighted by Gasteiger charge is 2.10. The Hall–Kier alpha value is -1.81. The fourth-order valence-electron chi connectivity index (χ4n) is 2.07. The zero-order valence-electron chi connectivity index (χ0n) is 9.76. The second kappa shape index (κ2) is 4.14. The predicted molar refractivity (Wildman–Crippen MR) is 73.4 cm³/mol. The van der Waals surface area contributed by atoms with Crippen molar-refractivity contribution in [3.8, 4) is 11.4 Å². The molecule has 0 aliphatic carbocycles. The highest BCUT2D eigenvalue weighted by atomic mass is 32.1. The zero-order chi connectivity index (χ0) is 12.7. The normalized spacial score (nSPS) is 11.1. The molecule has 3 aromatic rings. The molecule has 18 heavy (non-hydrogen) atoms. The molecule has 0 fully saturated rings. The topological polar surface area (TPSA) is 17.8 Å². The molecule has 0 aliphatic heterocycles. The van der Waals surface area contributed by atoms with Crippen LogP contribution in [0.5, 0.6) is 0 Å². The molecule has 0 radical (unpaired) electrons. The Morgan fingerprint density at radius 2 is 2.00 bits per heavy atom. The molecular weight excluding hydrogens is 247 g/mol. The quantitative estimate of drug-likeness (QED) is 0.659. The molecule has 2 aromatic carbocycles. The van der Waals surface area contributed by atoms with Crippen LogP contribution >= 0.6 is 12.6 Å². The molecule has 2 nitrogen and oxygen atoms in total. The van der Waals surface area contributed by atoms with Gasteiger partial charge in [-0.15, -0.1) is 12.6 Å². The molecule has 0 saturated carbocycles. The van der Waals surface area contributed by atoms with Gasteiger partial charge in [-0.05, 0) is 30.3 Å². The molecule has 3 rings (SSSR count). The first-order chi connectivity index (χ1) is 8.65. The second-order valence-corrected chi connectivity index (χ2v) is 4.69. The molecule has 1 heterocycles. The highest BCUT2D eigenvalue weighted by Crippen LogP contribution is 2.25. The molecule has 0 aliphatic rings. The minimum atomic E-state index is -0.255. The third kappa shape index (κ3) is 1.78. The molecule has 0 saturated heterocycles. The van der Waals surface area contributed by atoms with E-state index < -0.39 is 0 Å². The van der Waals surface area contributed by atoms with Crippen molar-refractivity contribution >= 4 is 23.7 Å². The summed E-state index contributed by atoms with van der Waals surface area (Å²) in [5, 5.41) is 0. The number of halogens is 1. The lowest BCUT2D eigenvalue weighted by molar-refractivity contribution is 0.628. The van der Waals surface area contributed by atoms with Crippen molar-refractivity contribution in [3.63, 3.8) is 0 Å². The largest absolute Gasteiger partial charge is 0.327 e. The summed E-state index contributed by atoms with van der Waals surface area (Å²) in [7, 11) is 1.92. The first-order valence-electron chi connectivity index (χ1n) is 5.56. The number of thiol groups is 1. The van der Waals surface area contributed by atoms with E-state index in [1.807, 2.05) is 35.9 Å². The summed E-state index contributed by atoms with van der Waals surface area (Å²) < 4.78 is 15.2. The van der Waals surface area contributed by atoms with Crippen molar-refractivity contribution in [1.29, 1.82) is 0 Å². The summed E-state index contributed by atoms with van der Waals surface area (Å²) in [4.78, 5) is 5.40. The third-order valence-electron chi connectivity index (χ3n) is 2.95. The van der Waals surface area contributed by atoms with Crippen molar-refractivity contribution < 1.29 is 4.39 Å². The standard InChI is InChI=1S/C14H11FN2S/c1-17-13-6-5-11(18)8-12(13)16-14(17)9-3-2-4-10(15)7-9/h2-8,18H,1H3. The second-order valence-electron chi connectivity index (χ2n) is 4.18. The van der Waals surface area contributed by atoms with E-state index in [-0.39, 0.29) is 5.82 Å². The molecular formula is C14H11FN2S. The number of aryl methyl sites for hydroxylation is 1. The van der Waals surface area contributed by atoms with Crippen molar-refractivity contribution in [1.82, 2.24) is 9.55 Å². The van der Waals surface area contributed by atoms with Gasteiger partial charge >= 0.3 is 0 Å². The summed E-state index contributed by atoms with van der Waals surface area (Å²) >= 11 is 4.30. The Bertz CT molecular complexity index is 734. The molecule has 1 aromatic heterocycles. The van der Waals surface area contributed by atoms with Gasteiger partial charge in [0.1, 0.15) is 11.6 Å². The highest BCUT2D eigenvalue weighted by molar-refractivity contribution is 7.80. The van der Waals surface area contributed by atoms with Crippen LogP contribution in [0.1, 0.15) is 0 Å². The number of imidazole rings is 1. The first kappa shape index (κ1) is 11.3. The van der Waals surface area contributed by atoms with Gasteiger partial charge in [0.2, 0.25) is 0 Å². The van der Waals surface area contributed by atoms with Crippen LogP contribution in [0.2, 0.25) is 0 Å². The van der Waals surface area contributed by atoms with Gasteiger partial charge in [-0.25, -0.2) is 9.37 Å². The maximum atomic E-state index is 13.3. The average molecular weight is 258 g/mol. The van der Waals surface area contributed by atoms with Crippen LogP contribution in [0, 0.1) is 5.82 Å². The molecule has 0 amide bonds. The minimum absolute atomic E-state index is 0.255. The predicted octanol–water partition coefficient (Wildman–Crippen LogP) is 3.67. The maximum Gasteiger partial charge on any atom is 0.140 e. The van der Waals surface area contributed by atoms with Crippen molar-refractivity contribution in [2.24, 2.45) is 7.05 Å². The monoisotopic (exact) mass is 258 g/mol. The Labute approximate surface area is 109 Å². The fourth-order valence-corrected chi connectivity index (χ4v) is 2.27.